The molecule has 1 aromatic heterocycles. The second-order valence-corrected chi connectivity index (χ2v) is 5.07. The summed E-state index contributed by atoms with van der Waals surface area (Å²) in [5.41, 5.74) is 0.829. The Morgan fingerprint density at radius 3 is 2.80 bits per heavy atom. The third-order valence-electron chi connectivity index (χ3n) is 2.76. The molecule has 1 atom stereocenters. The van der Waals surface area contributed by atoms with E-state index in [-0.39, 0.29) is 18.9 Å². The third-order valence-corrected chi connectivity index (χ3v) is 3.46. The number of aliphatic hydroxyl groups excluding tert-OH is 1. The zero-order chi connectivity index (χ0) is 14.2. The van der Waals surface area contributed by atoms with Gasteiger partial charge in [0, 0.05) is 6.54 Å². The molecule has 5 heteroatoms. The number of hydrogen-bond donors (Lipinski definition) is 2. The van der Waals surface area contributed by atoms with Crippen LogP contribution in [0.25, 0.3) is 0 Å². The molecule has 2 N–H and O–H groups in total. The number of nitrogens with one attached hydrogen (secondary N) is 1. The standard InChI is InChI=1S/C15H17NO3S/c17-14(12-7-9-20-11-12)10-16-15(18)6-8-19-13-4-2-1-3-5-13/h1-5,7,9,11,14,17H,6,8,10H2,(H,16,18)/t14-/m0/s1. The van der Waals surface area contributed by atoms with Crippen molar-refractivity contribution in [2.45, 2.75) is 12.5 Å². The summed E-state index contributed by atoms with van der Waals surface area (Å²) in [4.78, 5) is 11.6. The fourth-order valence-electron chi connectivity index (χ4n) is 1.66. The van der Waals surface area contributed by atoms with Crippen molar-refractivity contribution in [2.24, 2.45) is 0 Å². The predicted octanol–water partition coefficient (Wildman–Crippen LogP) is 2.37. The molecule has 106 valence electrons. The van der Waals surface area contributed by atoms with Crippen LogP contribution >= 0.6 is 11.3 Å². The molecule has 1 amide bonds. The van der Waals surface area contributed by atoms with Crippen LogP contribution in [0.5, 0.6) is 5.75 Å². The Labute approximate surface area is 122 Å². The molecule has 20 heavy (non-hydrogen) atoms. The van der Waals surface area contributed by atoms with Crippen LogP contribution in [-0.4, -0.2) is 24.2 Å². The van der Waals surface area contributed by atoms with Crippen LogP contribution in [0.15, 0.2) is 47.2 Å². The van der Waals surface area contributed by atoms with Crippen molar-refractivity contribution in [1.29, 1.82) is 0 Å². The molecular formula is C15H17NO3S. The highest BCUT2D eigenvalue weighted by atomic mass is 32.1. The summed E-state index contributed by atoms with van der Waals surface area (Å²) < 4.78 is 5.43. The Balaban J connectivity index is 1.63. The van der Waals surface area contributed by atoms with Crippen LogP contribution < -0.4 is 10.1 Å². The van der Waals surface area contributed by atoms with Gasteiger partial charge >= 0.3 is 0 Å². The van der Waals surface area contributed by atoms with E-state index < -0.39 is 6.10 Å². The summed E-state index contributed by atoms with van der Waals surface area (Å²) in [7, 11) is 0. The van der Waals surface area contributed by atoms with E-state index in [1.54, 1.807) is 0 Å². The molecule has 0 aliphatic rings. The molecule has 0 aliphatic carbocycles. The molecule has 0 fully saturated rings. The van der Waals surface area contributed by atoms with Crippen LogP contribution in [0.2, 0.25) is 0 Å². The number of hydrogen-bond acceptors (Lipinski definition) is 4. The van der Waals surface area contributed by atoms with Crippen molar-refractivity contribution in [3.05, 3.63) is 52.7 Å². The van der Waals surface area contributed by atoms with Gasteiger partial charge < -0.3 is 15.2 Å². The summed E-state index contributed by atoms with van der Waals surface area (Å²) in [5, 5.41) is 16.3. The maximum absolute atomic E-state index is 11.6. The minimum absolute atomic E-state index is 0.129. The largest absolute Gasteiger partial charge is 0.493 e. The number of carbonyl (C=O) groups is 1. The molecule has 4 nitrogen and oxygen atoms in total. The van der Waals surface area contributed by atoms with Crippen LogP contribution in [0.3, 0.4) is 0 Å². The van der Waals surface area contributed by atoms with Gasteiger partial charge in [0.15, 0.2) is 0 Å². The lowest BCUT2D eigenvalue weighted by molar-refractivity contribution is -0.122. The number of benzene rings is 1. The van der Waals surface area contributed by atoms with E-state index in [9.17, 15) is 9.90 Å². The summed E-state index contributed by atoms with van der Waals surface area (Å²) in [5.74, 6) is 0.619. The van der Waals surface area contributed by atoms with Gasteiger partial charge in [0.2, 0.25) is 5.91 Å². The minimum atomic E-state index is -0.653. The van der Waals surface area contributed by atoms with Crippen molar-refractivity contribution in [2.75, 3.05) is 13.2 Å². The molecule has 0 saturated carbocycles. The predicted molar refractivity (Wildman–Crippen MR) is 78.8 cm³/mol. The van der Waals surface area contributed by atoms with E-state index in [4.69, 9.17) is 4.74 Å². The fourth-order valence-corrected chi connectivity index (χ4v) is 2.37. The minimum Gasteiger partial charge on any atom is -0.493 e. The average Bonchev–Trinajstić information content (AvgIpc) is 3.00. The number of thiophene rings is 1. The fraction of sp³-hybridized carbons (Fsp3) is 0.267. The van der Waals surface area contributed by atoms with E-state index in [2.05, 4.69) is 5.32 Å². The van der Waals surface area contributed by atoms with Gasteiger partial charge in [0.25, 0.3) is 0 Å². The van der Waals surface area contributed by atoms with E-state index in [1.165, 1.54) is 11.3 Å². The highest BCUT2D eigenvalue weighted by molar-refractivity contribution is 7.07. The molecule has 0 aliphatic heterocycles. The summed E-state index contributed by atoms with van der Waals surface area (Å²) in [6, 6.07) is 11.2. The second kappa shape index (κ2) is 7.67. The molecule has 2 aromatic rings. The number of ether oxygens (including phenoxy) is 1. The van der Waals surface area contributed by atoms with E-state index >= 15 is 0 Å². The van der Waals surface area contributed by atoms with E-state index in [0.29, 0.717) is 6.61 Å². The first-order valence-electron chi connectivity index (χ1n) is 6.40. The molecule has 0 radical (unpaired) electrons. The summed E-state index contributed by atoms with van der Waals surface area (Å²) >= 11 is 1.52. The topological polar surface area (TPSA) is 58.6 Å². The lowest BCUT2D eigenvalue weighted by atomic mass is 10.2. The highest BCUT2D eigenvalue weighted by Gasteiger charge is 2.09. The maximum Gasteiger partial charge on any atom is 0.223 e. The Hall–Kier alpha value is -1.85. The van der Waals surface area contributed by atoms with Crippen LogP contribution in [-0.2, 0) is 4.79 Å². The first-order valence-corrected chi connectivity index (χ1v) is 7.34. The normalized spacial score (nSPS) is 11.8. The molecule has 2 rings (SSSR count). The number of para-hydroxylation sites is 1. The smallest absolute Gasteiger partial charge is 0.223 e. The Kier molecular flexibility index (Phi) is 5.58. The van der Waals surface area contributed by atoms with Gasteiger partial charge in [-0.25, -0.2) is 0 Å². The number of aliphatic hydroxyl groups is 1. The molecule has 1 heterocycles. The van der Waals surface area contributed by atoms with Gasteiger partial charge in [-0.15, -0.1) is 0 Å². The number of carbonyl (C=O) groups excluding carboxylic acids is 1. The monoisotopic (exact) mass is 291 g/mol. The zero-order valence-corrected chi connectivity index (χ0v) is 11.8. The van der Waals surface area contributed by atoms with Gasteiger partial charge in [-0.2, -0.15) is 11.3 Å². The van der Waals surface area contributed by atoms with Gasteiger partial charge in [-0.3, -0.25) is 4.79 Å². The van der Waals surface area contributed by atoms with Gasteiger partial charge in [0.1, 0.15) is 5.75 Å². The molecule has 0 bridgehead atoms. The highest BCUT2D eigenvalue weighted by Crippen LogP contribution is 2.15. The Morgan fingerprint density at radius 2 is 2.10 bits per heavy atom. The summed E-state index contributed by atoms with van der Waals surface area (Å²) in [6.07, 6.45) is -0.383. The maximum atomic E-state index is 11.6. The molecule has 0 saturated heterocycles. The number of amides is 1. The van der Waals surface area contributed by atoms with Crippen molar-refractivity contribution in [3.8, 4) is 5.75 Å². The Bertz CT molecular complexity index is 513. The first-order chi connectivity index (χ1) is 9.75. The third kappa shape index (κ3) is 4.68. The van der Waals surface area contributed by atoms with Crippen molar-refractivity contribution >= 4 is 17.2 Å². The van der Waals surface area contributed by atoms with Crippen molar-refractivity contribution in [3.63, 3.8) is 0 Å². The van der Waals surface area contributed by atoms with Crippen LogP contribution in [0, 0.1) is 0 Å². The molecule has 0 spiro atoms. The molecule has 0 unspecified atom stereocenters. The van der Waals surface area contributed by atoms with Gasteiger partial charge in [0.05, 0.1) is 19.1 Å². The van der Waals surface area contributed by atoms with Crippen LogP contribution in [0.4, 0.5) is 0 Å². The zero-order valence-electron chi connectivity index (χ0n) is 11.0. The first kappa shape index (κ1) is 14.6. The van der Waals surface area contributed by atoms with Crippen molar-refractivity contribution in [1.82, 2.24) is 5.32 Å². The van der Waals surface area contributed by atoms with Crippen molar-refractivity contribution < 1.29 is 14.6 Å². The Morgan fingerprint density at radius 1 is 1.30 bits per heavy atom. The molecular weight excluding hydrogens is 274 g/mol. The molecule has 1 aromatic carbocycles. The lowest BCUT2D eigenvalue weighted by Gasteiger charge is -2.11. The number of rotatable bonds is 7. The SMILES string of the molecule is O=C(CCOc1ccccc1)NC[C@H](O)c1ccsc1. The average molecular weight is 291 g/mol. The van der Waals surface area contributed by atoms with Gasteiger partial charge in [-0.05, 0) is 34.5 Å². The summed E-state index contributed by atoms with van der Waals surface area (Å²) in [6.45, 7) is 0.547. The lowest BCUT2D eigenvalue weighted by Crippen LogP contribution is -2.29. The van der Waals surface area contributed by atoms with E-state index in [0.717, 1.165) is 11.3 Å². The quantitative estimate of drug-likeness (QED) is 0.823. The van der Waals surface area contributed by atoms with Gasteiger partial charge in [-0.1, -0.05) is 18.2 Å². The second-order valence-electron chi connectivity index (χ2n) is 4.29. The van der Waals surface area contributed by atoms with Crippen LogP contribution in [0.1, 0.15) is 18.1 Å². The van der Waals surface area contributed by atoms with E-state index in [1.807, 2.05) is 47.2 Å².